The molecule has 8 rings (SSSR count). The first-order chi connectivity index (χ1) is 17.6. The summed E-state index contributed by atoms with van der Waals surface area (Å²) < 4.78 is 12.2. The Balaban J connectivity index is 1.46. The van der Waals surface area contributed by atoms with Crippen LogP contribution < -0.4 is 0 Å². The summed E-state index contributed by atoms with van der Waals surface area (Å²) in [4.78, 5) is 30.5. The molecule has 5 unspecified atom stereocenters. The molecule has 188 valence electrons. The second kappa shape index (κ2) is 8.09. The lowest BCUT2D eigenvalue weighted by Crippen LogP contribution is -2.53. The highest BCUT2D eigenvalue weighted by molar-refractivity contribution is 6.00. The number of H-pyrrole nitrogens is 1. The maximum absolute atomic E-state index is 13.7. The van der Waals surface area contributed by atoms with Gasteiger partial charge < -0.3 is 14.5 Å². The van der Waals surface area contributed by atoms with E-state index in [0.29, 0.717) is 17.8 Å². The van der Waals surface area contributed by atoms with Crippen LogP contribution in [0.15, 0.2) is 63.9 Å². The van der Waals surface area contributed by atoms with Crippen LogP contribution in [0.4, 0.5) is 0 Å². The van der Waals surface area contributed by atoms with Crippen molar-refractivity contribution in [2.24, 2.45) is 29.1 Å². The quantitative estimate of drug-likeness (QED) is 0.470. The fourth-order valence-electron chi connectivity index (χ4n) is 8.77. The first-order valence-corrected chi connectivity index (χ1v) is 14.0. The normalized spacial score (nSPS) is 35.3. The molecule has 1 saturated heterocycles. The maximum Gasteiger partial charge on any atom is 0.340 e. The van der Waals surface area contributed by atoms with Gasteiger partial charge >= 0.3 is 11.9 Å². The van der Waals surface area contributed by atoms with Gasteiger partial charge in [0.25, 0.3) is 0 Å². The van der Waals surface area contributed by atoms with Crippen LogP contribution in [0.3, 0.4) is 0 Å². The molecule has 2 bridgehead atoms. The molecule has 5 atom stereocenters. The number of hydrogen-bond acceptors (Lipinski definition) is 4. The number of aromatic nitrogens is 1. The third-order valence-corrected chi connectivity index (χ3v) is 9.96. The smallest absolute Gasteiger partial charge is 0.340 e. The van der Waals surface area contributed by atoms with Gasteiger partial charge in [-0.25, -0.2) is 9.59 Å². The molecule has 1 saturated carbocycles. The van der Waals surface area contributed by atoms with Gasteiger partial charge in [-0.15, -0.1) is 0 Å². The lowest BCUT2D eigenvalue weighted by atomic mass is 9.43. The Hall–Kier alpha value is -2.82. The Morgan fingerprint density at radius 1 is 1.11 bits per heavy atom. The van der Waals surface area contributed by atoms with Crippen molar-refractivity contribution in [1.82, 2.24) is 4.98 Å². The van der Waals surface area contributed by atoms with Crippen LogP contribution in [0.5, 0.6) is 0 Å². The number of hydrogen-bond donors (Lipinski definition) is 1. The molecule has 5 heteroatoms. The van der Waals surface area contributed by atoms with Crippen molar-refractivity contribution < 1.29 is 19.1 Å². The fraction of sp³-hybridized carbons (Fsp3) is 0.548. The lowest BCUT2D eigenvalue weighted by molar-refractivity contribution is -0.135. The van der Waals surface area contributed by atoms with Crippen LogP contribution in [0.2, 0.25) is 0 Å². The molecule has 2 aliphatic heterocycles. The second-order valence-electron chi connectivity index (χ2n) is 11.7. The van der Waals surface area contributed by atoms with Crippen LogP contribution in [-0.2, 0) is 25.5 Å². The summed E-state index contributed by atoms with van der Waals surface area (Å²) in [6, 6.07) is 2.11. The molecule has 0 amide bonds. The van der Waals surface area contributed by atoms with E-state index in [-0.39, 0.29) is 17.9 Å². The number of rotatable bonds is 6. The van der Waals surface area contributed by atoms with Crippen molar-refractivity contribution in [2.45, 2.75) is 78.1 Å². The van der Waals surface area contributed by atoms with Crippen LogP contribution in [0.25, 0.3) is 0 Å². The van der Waals surface area contributed by atoms with E-state index in [1.54, 1.807) is 0 Å². The van der Waals surface area contributed by atoms with Crippen LogP contribution in [0, 0.1) is 29.1 Å². The lowest BCUT2D eigenvalue weighted by Gasteiger charge is -2.57. The van der Waals surface area contributed by atoms with E-state index in [9.17, 15) is 9.59 Å². The van der Waals surface area contributed by atoms with Gasteiger partial charge in [-0.05, 0) is 92.4 Å². The summed E-state index contributed by atoms with van der Waals surface area (Å²) in [6.45, 7) is 4.34. The number of carbonyl (C=O) groups excluding carboxylic acids is 2. The molecule has 5 aliphatic carbocycles. The van der Waals surface area contributed by atoms with Crippen LogP contribution >= 0.6 is 0 Å². The molecule has 0 aromatic carbocycles. The van der Waals surface area contributed by atoms with E-state index in [4.69, 9.17) is 9.47 Å². The maximum atomic E-state index is 13.7. The zero-order valence-electron chi connectivity index (χ0n) is 21.3. The summed E-state index contributed by atoms with van der Waals surface area (Å²) in [5.41, 5.74) is 6.21. The average Bonchev–Trinajstić information content (AvgIpc) is 3.58. The van der Waals surface area contributed by atoms with Crippen LogP contribution in [0.1, 0.15) is 77.2 Å². The Morgan fingerprint density at radius 2 is 2.00 bits per heavy atom. The summed E-state index contributed by atoms with van der Waals surface area (Å²) in [5.74, 6) is 2.39. The first-order valence-electron chi connectivity index (χ1n) is 14.0. The molecule has 7 aliphatic rings. The van der Waals surface area contributed by atoms with Crippen molar-refractivity contribution in [2.75, 3.05) is 0 Å². The summed E-state index contributed by atoms with van der Waals surface area (Å²) in [6.07, 6.45) is 16.0. The molecule has 1 N–H and O–H groups in total. The predicted molar refractivity (Wildman–Crippen MR) is 135 cm³/mol. The number of esters is 2. The zero-order chi connectivity index (χ0) is 24.6. The Morgan fingerprint density at radius 3 is 2.78 bits per heavy atom. The minimum atomic E-state index is -0.526. The number of aromatic amines is 1. The highest BCUT2D eigenvalue weighted by Gasteiger charge is 2.69. The van der Waals surface area contributed by atoms with Gasteiger partial charge in [-0.2, -0.15) is 0 Å². The van der Waals surface area contributed by atoms with Crippen molar-refractivity contribution in [1.29, 1.82) is 0 Å². The standard InChI is InChI=1S/C31H35NO4/c1-3-5-7-23-31-12-10-20(21(27(31)30(34)35-23)14-17-11-13-32-16-17)22-15-19-9-8-18(6-4-2)28-24(19)25(26(22)31)29(33)36-28/h7,11,13,16,19-20,22,26,32H,3-6,8-10,12,14-15H2,1-2H3. The summed E-state index contributed by atoms with van der Waals surface area (Å²) in [5, 5.41) is 0. The van der Waals surface area contributed by atoms with Gasteiger partial charge in [0.05, 0.1) is 11.0 Å². The van der Waals surface area contributed by atoms with Crippen molar-refractivity contribution in [3.05, 3.63) is 69.5 Å². The molecular formula is C31H35NO4. The third kappa shape index (κ3) is 2.83. The van der Waals surface area contributed by atoms with E-state index in [1.165, 1.54) is 22.3 Å². The number of cyclic esters (lactones) is 1. The molecule has 3 heterocycles. The summed E-state index contributed by atoms with van der Waals surface area (Å²) in [7, 11) is 0. The highest BCUT2D eigenvalue weighted by Crippen LogP contribution is 2.71. The Kier molecular flexibility index (Phi) is 5.03. The molecule has 36 heavy (non-hydrogen) atoms. The van der Waals surface area contributed by atoms with Gasteiger partial charge in [-0.1, -0.05) is 32.3 Å². The number of carbonyl (C=O) groups is 2. The Labute approximate surface area is 212 Å². The molecule has 1 spiro atoms. The molecule has 0 radical (unpaired) electrons. The largest absolute Gasteiger partial charge is 0.427 e. The van der Waals surface area contributed by atoms with E-state index in [0.717, 1.165) is 86.9 Å². The number of ether oxygens (including phenoxy) is 2. The Bertz CT molecular complexity index is 1280. The van der Waals surface area contributed by atoms with E-state index in [2.05, 4.69) is 31.0 Å². The predicted octanol–water partition coefficient (Wildman–Crippen LogP) is 6.46. The van der Waals surface area contributed by atoms with Crippen molar-refractivity contribution in [3.8, 4) is 0 Å². The molecule has 2 fully saturated rings. The minimum Gasteiger partial charge on any atom is -0.427 e. The molecule has 1 aromatic rings. The fourth-order valence-corrected chi connectivity index (χ4v) is 8.77. The van der Waals surface area contributed by atoms with Gasteiger partial charge in [0.1, 0.15) is 11.5 Å². The highest BCUT2D eigenvalue weighted by atomic mass is 16.5. The average molecular weight is 486 g/mol. The zero-order valence-corrected chi connectivity index (χ0v) is 21.3. The van der Waals surface area contributed by atoms with E-state index in [1.807, 2.05) is 12.4 Å². The second-order valence-corrected chi connectivity index (χ2v) is 11.7. The van der Waals surface area contributed by atoms with Gasteiger partial charge in [0.2, 0.25) is 0 Å². The topological polar surface area (TPSA) is 68.4 Å². The van der Waals surface area contributed by atoms with Gasteiger partial charge in [-0.3, -0.25) is 0 Å². The van der Waals surface area contributed by atoms with Gasteiger partial charge in [0.15, 0.2) is 0 Å². The number of nitrogens with one attached hydrogen (secondary N) is 1. The molecule has 1 aromatic heterocycles. The number of unbranched alkanes of at least 4 members (excludes halogenated alkanes) is 1. The minimum absolute atomic E-state index is 0.0204. The molecular weight excluding hydrogens is 450 g/mol. The molecule has 5 nitrogen and oxygen atoms in total. The number of fused-ring (bicyclic) bond motifs is 1. The van der Waals surface area contributed by atoms with Gasteiger partial charge in [0, 0.05) is 29.5 Å². The van der Waals surface area contributed by atoms with Crippen molar-refractivity contribution in [3.63, 3.8) is 0 Å². The number of allylic oxidation sites excluding steroid dienone is 5. The first kappa shape index (κ1) is 22.4. The third-order valence-electron chi connectivity index (χ3n) is 9.96. The van der Waals surface area contributed by atoms with Crippen LogP contribution in [-0.4, -0.2) is 16.9 Å². The SMILES string of the molecule is CCCC=C1OC(=O)C2=C(Cc3cc[nH]c3)C3CCC12C1C2=C4C(=C(CCC)CCC4CC31)OC2=O. The van der Waals surface area contributed by atoms with E-state index < -0.39 is 5.41 Å². The summed E-state index contributed by atoms with van der Waals surface area (Å²) >= 11 is 0. The monoisotopic (exact) mass is 485 g/mol. The van der Waals surface area contributed by atoms with Crippen molar-refractivity contribution >= 4 is 11.9 Å². The van der Waals surface area contributed by atoms with E-state index >= 15 is 0 Å².